The molecule has 2 aliphatic heterocycles. The third-order valence-electron chi connectivity index (χ3n) is 15.5. The lowest BCUT2D eigenvalue weighted by Crippen LogP contribution is -2.73. The topological polar surface area (TPSA) is 195 Å². The van der Waals surface area contributed by atoms with Gasteiger partial charge in [-0.15, -0.1) is 0 Å². The molecule has 3 amide bonds. The lowest BCUT2D eigenvalue weighted by atomic mass is 9.34. The van der Waals surface area contributed by atoms with Gasteiger partial charge in [0.1, 0.15) is 5.82 Å². The zero-order valence-electron chi connectivity index (χ0n) is 35.4. The molecule has 13 heteroatoms. The van der Waals surface area contributed by atoms with Crippen LogP contribution in [-0.2, 0) is 32.6 Å². The van der Waals surface area contributed by atoms with Gasteiger partial charge in [0.25, 0.3) is 0 Å². The number of fused-ring (bicyclic) bond motifs is 4. The molecule has 4 aromatic rings. The molecule has 4 saturated carbocycles. The lowest BCUT2D eigenvalue weighted by Gasteiger charge is -2.69. The van der Waals surface area contributed by atoms with Gasteiger partial charge in [-0.05, 0) is 105 Å². The molecule has 2 atom stereocenters. The maximum atomic E-state index is 14.2. The standard InChI is InChI=1S/C48H55N9O4/c1-4-29-20-32-33(45(2,3)40-38(39(32)58)31-11-10-28(22-49)19-35(31)53-40)21-36(29)55-15-17-56(18-16-55)43(60)47-24-48(25-47,26-47)44(61)57-23-37(46(27-57)12-13-46)54-42(59)34(50)9-5-7-30-8-6-14-52-41(30)51/h6,8,10-11,14,19-21,34,37,53H,4-5,7,9,12-13,15-18,23-27,50H2,1-3H3,(H2,51,52)(H,54,59)/t34-,37-,47?,48?/m0/s1. The average molecular weight is 822 g/mol. The van der Waals surface area contributed by atoms with Gasteiger partial charge in [-0.25, -0.2) is 4.98 Å². The van der Waals surface area contributed by atoms with E-state index in [1.54, 1.807) is 12.3 Å². The predicted molar refractivity (Wildman–Crippen MR) is 232 cm³/mol. The first-order valence-electron chi connectivity index (χ1n) is 22.1. The number of carbonyl (C=O) groups is 4. The number of nitrogen functional groups attached to an aromatic ring is 1. The zero-order valence-corrected chi connectivity index (χ0v) is 35.4. The van der Waals surface area contributed by atoms with Gasteiger partial charge in [0.2, 0.25) is 17.7 Å². The Hall–Kier alpha value is -5.74. The van der Waals surface area contributed by atoms with Crippen molar-refractivity contribution in [2.75, 3.05) is 49.9 Å². The molecule has 5 aliphatic carbocycles. The molecule has 1 spiro atoms. The number of carbonyl (C=O) groups excluding carboxylic acids is 4. The predicted octanol–water partition coefficient (Wildman–Crippen LogP) is 4.73. The zero-order chi connectivity index (χ0) is 42.6. The summed E-state index contributed by atoms with van der Waals surface area (Å²) in [6, 6.07) is 15.0. The van der Waals surface area contributed by atoms with Crippen molar-refractivity contribution < 1.29 is 19.2 Å². The highest BCUT2D eigenvalue weighted by Crippen LogP contribution is 2.75. The number of nitrogens with zero attached hydrogens (tertiary/aromatic N) is 5. The number of ketones is 1. The Balaban J connectivity index is 0.749. The Bertz CT molecular complexity index is 2550. The second-order valence-corrected chi connectivity index (χ2v) is 19.6. The number of nitrogens with one attached hydrogen (secondary N) is 2. The summed E-state index contributed by atoms with van der Waals surface area (Å²) in [5.41, 5.74) is 18.6. The van der Waals surface area contributed by atoms with E-state index in [1.807, 2.05) is 34.1 Å². The molecular weight excluding hydrogens is 767 g/mol. The molecule has 6 N–H and O–H groups in total. The quantitative estimate of drug-likeness (QED) is 0.175. The maximum Gasteiger partial charge on any atom is 0.237 e. The SMILES string of the molecule is CCc1cc2c(cc1N1CCN(C(=O)C34CC(C(=O)N5C[C@H](NC(=O)[C@@H](N)CCCc6cccnc6N)C6(CC6)C5)(C3)C4)CC1)C(C)(C)c1[nH]c3cc(C#N)ccc3c1C2=O. The van der Waals surface area contributed by atoms with Gasteiger partial charge >= 0.3 is 0 Å². The number of amides is 3. The highest BCUT2D eigenvalue weighted by molar-refractivity contribution is 6.20. The van der Waals surface area contributed by atoms with Gasteiger partial charge in [-0.1, -0.05) is 32.9 Å². The summed E-state index contributed by atoms with van der Waals surface area (Å²) in [5.74, 6) is 0.654. The van der Waals surface area contributed by atoms with Gasteiger partial charge in [-0.3, -0.25) is 19.2 Å². The number of aromatic amines is 1. The van der Waals surface area contributed by atoms with Crippen LogP contribution in [0.15, 0.2) is 48.7 Å². The molecule has 0 unspecified atom stereocenters. The number of nitriles is 1. The molecule has 11 rings (SSSR count). The first kappa shape index (κ1) is 39.4. The van der Waals surface area contributed by atoms with Crippen LogP contribution in [0, 0.1) is 27.6 Å². The van der Waals surface area contributed by atoms with Crippen LogP contribution in [0.4, 0.5) is 11.5 Å². The molecule has 6 fully saturated rings. The monoisotopic (exact) mass is 821 g/mol. The van der Waals surface area contributed by atoms with Crippen LogP contribution in [-0.4, -0.2) is 94.6 Å². The van der Waals surface area contributed by atoms with Crippen LogP contribution < -0.4 is 21.7 Å². The number of H-pyrrole nitrogens is 1. The molecule has 61 heavy (non-hydrogen) atoms. The fourth-order valence-electron chi connectivity index (χ4n) is 11.8. The number of hydrogen-bond donors (Lipinski definition) is 4. The second-order valence-electron chi connectivity index (χ2n) is 19.6. The van der Waals surface area contributed by atoms with E-state index < -0.39 is 22.3 Å². The Morgan fingerprint density at radius 2 is 1.72 bits per heavy atom. The number of aryl methyl sites for hydroxylation is 2. The van der Waals surface area contributed by atoms with E-state index in [0.29, 0.717) is 88.3 Å². The van der Waals surface area contributed by atoms with Gasteiger partial charge in [0.15, 0.2) is 5.78 Å². The number of anilines is 2. The van der Waals surface area contributed by atoms with Crippen LogP contribution in [0.25, 0.3) is 10.9 Å². The molecule has 7 aliphatic rings. The number of aromatic nitrogens is 2. The smallest absolute Gasteiger partial charge is 0.237 e. The highest BCUT2D eigenvalue weighted by atomic mass is 16.2. The number of likely N-dealkylation sites (tertiary alicyclic amines) is 1. The molecule has 2 bridgehead atoms. The Kier molecular flexibility index (Phi) is 8.97. The van der Waals surface area contributed by atoms with Crippen molar-refractivity contribution in [3.8, 4) is 6.07 Å². The molecule has 2 aromatic heterocycles. The minimum absolute atomic E-state index is 0.00540. The molecule has 4 heterocycles. The van der Waals surface area contributed by atoms with Crippen molar-refractivity contribution in [3.63, 3.8) is 0 Å². The lowest BCUT2D eigenvalue weighted by molar-refractivity contribution is -0.221. The van der Waals surface area contributed by atoms with E-state index in [9.17, 15) is 24.4 Å². The summed E-state index contributed by atoms with van der Waals surface area (Å²) >= 11 is 0. The largest absolute Gasteiger partial charge is 0.383 e. The van der Waals surface area contributed by atoms with Crippen molar-refractivity contribution in [1.82, 2.24) is 25.1 Å². The number of hydrogen-bond acceptors (Lipinski definition) is 9. The summed E-state index contributed by atoms with van der Waals surface area (Å²) < 4.78 is 0. The Morgan fingerprint density at radius 3 is 2.39 bits per heavy atom. The minimum Gasteiger partial charge on any atom is -0.383 e. The second kappa shape index (κ2) is 13.9. The Morgan fingerprint density at radius 1 is 1.00 bits per heavy atom. The third kappa shape index (κ3) is 6.07. The number of nitrogens with two attached hydrogens (primary N) is 2. The normalized spacial score (nSPS) is 25.6. The van der Waals surface area contributed by atoms with Gasteiger partial charge in [0, 0.05) is 84.1 Å². The van der Waals surface area contributed by atoms with Crippen molar-refractivity contribution >= 4 is 45.9 Å². The highest BCUT2D eigenvalue weighted by Gasteiger charge is 2.76. The number of rotatable bonds is 10. The molecule has 0 radical (unpaired) electrons. The molecule has 2 aromatic carbocycles. The van der Waals surface area contributed by atoms with Crippen LogP contribution in [0.5, 0.6) is 0 Å². The Labute approximate surface area is 356 Å². The first-order valence-corrected chi connectivity index (χ1v) is 22.1. The molecule has 2 saturated heterocycles. The summed E-state index contributed by atoms with van der Waals surface area (Å²) in [5, 5.41) is 13.5. The third-order valence-corrected chi connectivity index (χ3v) is 15.5. The summed E-state index contributed by atoms with van der Waals surface area (Å²) in [6.07, 6.45) is 8.17. The van der Waals surface area contributed by atoms with Crippen LogP contribution >= 0.6 is 0 Å². The summed E-state index contributed by atoms with van der Waals surface area (Å²) in [4.78, 5) is 69.5. The van der Waals surface area contributed by atoms with E-state index >= 15 is 0 Å². The average Bonchev–Trinajstić information content (AvgIpc) is 3.77. The summed E-state index contributed by atoms with van der Waals surface area (Å²) in [6.45, 7) is 10.1. The van der Waals surface area contributed by atoms with E-state index in [4.69, 9.17) is 11.5 Å². The number of piperazine rings is 1. The number of pyridine rings is 1. The van der Waals surface area contributed by atoms with Crippen molar-refractivity contribution in [2.24, 2.45) is 22.0 Å². The van der Waals surface area contributed by atoms with E-state index in [1.165, 1.54) is 0 Å². The maximum absolute atomic E-state index is 14.2. The van der Waals surface area contributed by atoms with Crippen molar-refractivity contribution in [2.45, 2.75) is 96.1 Å². The van der Waals surface area contributed by atoms with Crippen molar-refractivity contribution in [1.29, 1.82) is 5.26 Å². The molecular formula is C48H55N9O4. The molecule has 13 nitrogen and oxygen atoms in total. The van der Waals surface area contributed by atoms with E-state index in [2.05, 4.69) is 59.2 Å². The van der Waals surface area contributed by atoms with E-state index in [0.717, 1.165) is 70.2 Å². The van der Waals surface area contributed by atoms with Gasteiger partial charge < -0.3 is 36.5 Å². The molecule has 316 valence electrons. The van der Waals surface area contributed by atoms with Crippen LogP contribution in [0.2, 0.25) is 0 Å². The minimum atomic E-state index is -0.635. The summed E-state index contributed by atoms with van der Waals surface area (Å²) in [7, 11) is 0. The van der Waals surface area contributed by atoms with Crippen LogP contribution in [0.1, 0.15) is 110 Å². The fourth-order valence-corrected chi connectivity index (χ4v) is 11.8. The fraction of sp³-hybridized carbons (Fsp3) is 0.500. The van der Waals surface area contributed by atoms with Gasteiger partial charge in [0.05, 0.1) is 40.1 Å². The van der Waals surface area contributed by atoms with E-state index in [-0.39, 0.29) is 35.0 Å². The van der Waals surface area contributed by atoms with Crippen molar-refractivity contribution in [3.05, 3.63) is 87.7 Å². The number of benzene rings is 2. The first-order chi connectivity index (χ1) is 29.2. The van der Waals surface area contributed by atoms with Crippen LogP contribution in [0.3, 0.4) is 0 Å². The van der Waals surface area contributed by atoms with Gasteiger partial charge in [-0.2, -0.15) is 5.26 Å².